The lowest BCUT2D eigenvalue weighted by molar-refractivity contribution is -0.178. The second kappa shape index (κ2) is 5.72. The largest absolute Gasteiger partial charge is 0.463 e. The van der Waals surface area contributed by atoms with Gasteiger partial charge in [0, 0.05) is 6.92 Å². The lowest BCUT2D eigenvalue weighted by Gasteiger charge is -2.61. The molecule has 0 amide bonds. The number of rotatable bonds is 1. The van der Waals surface area contributed by atoms with E-state index in [-0.39, 0.29) is 18.2 Å². The zero-order valence-corrected chi connectivity index (χ0v) is 15.6. The van der Waals surface area contributed by atoms with E-state index in [0.29, 0.717) is 28.6 Å². The highest BCUT2D eigenvalue weighted by Gasteiger charge is 2.60. The third kappa shape index (κ3) is 2.45. The number of hydrogen-bond donors (Lipinski definition) is 1. The van der Waals surface area contributed by atoms with Gasteiger partial charge in [0.2, 0.25) is 0 Å². The Kier molecular flexibility index (Phi) is 4.02. The Labute approximate surface area is 146 Å². The maximum atomic E-state index is 11.3. The van der Waals surface area contributed by atoms with E-state index >= 15 is 0 Å². The number of aliphatic hydroxyl groups excluding tert-OH is 1. The third-order valence-electron chi connectivity index (χ3n) is 8.75. The first-order valence-electron chi connectivity index (χ1n) is 10.2. The first kappa shape index (κ1) is 16.9. The summed E-state index contributed by atoms with van der Waals surface area (Å²) in [6.45, 7) is 6.49. The number of aliphatic hydroxyl groups is 1. The molecule has 0 saturated heterocycles. The molecule has 24 heavy (non-hydrogen) atoms. The van der Waals surface area contributed by atoms with Crippen molar-refractivity contribution in [1.29, 1.82) is 0 Å². The van der Waals surface area contributed by atoms with Crippen LogP contribution in [0.25, 0.3) is 0 Å². The lowest BCUT2D eigenvalue weighted by Crippen LogP contribution is -2.58. The van der Waals surface area contributed by atoms with E-state index in [9.17, 15) is 9.90 Å². The third-order valence-corrected chi connectivity index (χ3v) is 8.75. The summed E-state index contributed by atoms with van der Waals surface area (Å²) in [5, 5.41) is 11.1. The van der Waals surface area contributed by atoms with Crippen LogP contribution < -0.4 is 0 Å². The van der Waals surface area contributed by atoms with Gasteiger partial charge in [0.15, 0.2) is 0 Å². The van der Waals surface area contributed by atoms with Crippen LogP contribution in [0.5, 0.6) is 0 Å². The predicted molar refractivity (Wildman–Crippen MR) is 93.3 cm³/mol. The Morgan fingerprint density at radius 3 is 2.58 bits per heavy atom. The summed E-state index contributed by atoms with van der Waals surface area (Å²) in [7, 11) is 0. The number of hydrogen-bond acceptors (Lipinski definition) is 3. The molecule has 0 aromatic rings. The van der Waals surface area contributed by atoms with Gasteiger partial charge in [-0.25, -0.2) is 0 Å². The minimum absolute atomic E-state index is 0.0738. The molecule has 0 aliphatic heterocycles. The van der Waals surface area contributed by atoms with Crippen LogP contribution in [0, 0.1) is 34.5 Å². The van der Waals surface area contributed by atoms with Crippen LogP contribution in [-0.2, 0) is 9.53 Å². The Morgan fingerprint density at radius 1 is 1.04 bits per heavy atom. The van der Waals surface area contributed by atoms with E-state index in [1.54, 1.807) is 0 Å². The van der Waals surface area contributed by atoms with E-state index in [0.717, 1.165) is 31.6 Å². The average Bonchev–Trinajstić information content (AvgIpc) is 2.90. The topological polar surface area (TPSA) is 46.5 Å². The molecule has 8 atom stereocenters. The van der Waals surface area contributed by atoms with Crippen molar-refractivity contribution in [2.45, 2.75) is 90.8 Å². The normalized spacial score (nSPS) is 53.7. The highest BCUT2D eigenvalue weighted by atomic mass is 16.5. The summed E-state index contributed by atoms with van der Waals surface area (Å²) in [6.07, 6.45) is 10.7. The summed E-state index contributed by atoms with van der Waals surface area (Å²) < 4.78 is 5.52. The number of carbonyl (C=O) groups excluding carboxylic acids is 1. The number of ether oxygens (including phenoxy) is 1. The smallest absolute Gasteiger partial charge is 0.302 e. The van der Waals surface area contributed by atoms with Gasteiger partial charge in [-0.2, -0.15) is 0 Å². The van der Waals surface area contributed by atoms with Crippen LogP contribution >= 0.6 is 0 Å². The summed E-state index contributed by atoms with van der Waals surface area (Å²) in [4.78, 5) is 11.3. The van der Waals surface area contributed by atoms with E-state index in [1.807, 2.05) is 0 Å². The maximum Gasteiger partial charge on any atom is 0.302 e. The van der Waals surface area contributed by atoms with Crippen molar-refractivity contribution in [3.05, 3.63) is 0 Å². The van der Waals surface area contributed by atoms with Gasteiger partial charge in [-0.3, -0.25) is 4.79 Å². The Morgan fingerprint density at radius 2 is 1.83 bits per heavy atom. The fourth-order valence-electron chi connectivity index (χ4n) is 7.52. The minimum atomic E-state index is -0.155. The number of esters is 1. The fraction of sp³-hybridized carbons (Fsp3) is 0.952. The predicted octanol–water partition coefficient (Wildman–Crippen LogP) is 4.32. The highest BCUT2D eigenvalue weighted by molar-refractivity contribution is 5.66. The Hall–Kier alpha value is -0.570. The van der Waals surface area contributed by atoms with Gasteiger partial charge in [-0.05, 0) is 85.9 Å². The molecule has 136 valence electrons. The summed E-state index contributed by atoms with van der Waals surface area (Å²) in [5.74, 6) is 2.27. The molecular formula is C21H34O3. The standard InChI is InChI=1S/C21H34O3/c1-13(22)24-15-6-10-21(3)14(11-15)12-18(23)19-16-5-4-8-20(16,2)9-7-17(19)21/h14-19,23H,4-12H2,1-3H3/t14-,15?,16?,17?,18?,19?,20?,21?/m1/s1. The van der Waals surface area contributed by atoms with Crippen molar-refractivity contribution in [3.8, 4) is 0 Å². The maximum absolute atomic E-state index is 11.3. The van der Waals surface area contributed by atoms with Gasteiger partial charge < -0.3 is 9.84 Å². The molecule has 3 heteroatoms. The molecule has 3 nitrogen and oxygen atoms in total. The molecule has 0 radical (unpaired) electrons. The van der Waals surface area contributed by atoms with Gasteiger partial charge >= 0.3 is 5.97 Å². The first-order valence-corrected chi connectivity index (χ1v) is 10.2. The van der Waals surface area contributed by atoms with Crippen molar-refractivity contribution in [2.75, 3.05) is 0 Å². The molecule has 1 N–H and O–H groups in total. The summed E-state index contributed by atoms with van der Waals surface area (Å²) >= 11 is 0. The molecule has 4 fully saturated rings. The minimum Gasteiger partial charge on any atom is -0.463 e. The second-order valence-electron chi connectivity index (χ2n) is 9.89. The molecule has 4 aliphatic rings. The van der Waals surface area contributed by atoms with Crippen molar-refractivity contribution < 1.29 is 14.6 Å². The van der Waals surface area contributed by atoms with Crippen LogP contribution in [0.3, 0.4) is 0 Å². The molecule has 0 spiro atoms. The van der Waals surface area contributed by atoms with Crippen molar-refractivity contribution in [3.63, 3.8) is 0 Å². The molecule has 4 rings (SSSR count). The molecule has 0 aromatic heterocycles. The van der Waals surface area contributed by atoms with E-state index in [4.69, 9.17) is 4.74 Å². The molecule has 0 bridgehead atoms. The number of carbonyl (C=O) groups is 1. The molecule has 4 aliphatic carbocycles. The lowest BCUT2D eigenvalue weighted by atomic mass is 9.44. The van der Waals surface area contributed by atoms with Gasteiger partial charge in [0.1, 0.15) is 6.10 Å². The first-order chi connectivity index (χ1) is 11.3. The molecule has 0 heterocycles. The van der Waals surface area contributed by atoms with Crippen LogP contribution in [0.1, 0.15) is 78.6 Å². The SMILES string of the molecule is CC(=O)OC1CCC2(C)C3CCC4(C)CCCC4C3C(O)C[C@H]2C1. The zero-order chi connectivity index (χ0) is 17.1. The quantitative estimate of drug-likeness (QED) is 0.726. The number of fused-ring (bicyclic) bond motifs is 5. The van der Waals surface area contributed by atoms with Crippen LogP contribution in [0.2, 0.25) is 0 Å². The van der Waals surface area contributed by atoms with E-state index < -0.39 is 0 Å². The van der Waals surface area contributed by atoms with E-state index in [2.05, 4.69) is 13.8 Å². The Balaban J connectivity index is 1.58. The summed E-state index contributed by atoms with van der Waals surface area (Å²) in [6, 6.07) is 0. The van der Waals surface area contributed by atoms with Crippen molar-refractivity contribution in [1.82, 2.24) is 0 Å². The Bertz CT molecular complexity index is 517. The van der Waals surface area contributed by atoms with Gasteiger partial charge in [-0.1, -0.05) is 20.3 Å². The van der Waals surface area contributed by atoms with Crippen molar-refractivity contribution in [2.24, 2.45) is 34.5 Å². The second-order valence-corrected chi connectivity index (χ2v) is 9.89. The van der Waals surface area contributed by atoms with E-state index in [1.165, 1.54) is 39.0 Å². The summed E-state index contributed by atoms with van der Waals surface area (Å²) in [5.41, 5.74) is 0.824. The van der Waals surface area contributed by atoms with Crippen LogP contribution in [0.15, 0.2) is 0 Å². The molecule has 0 aromatic carbocycles. The molecular weight excluding hydrogens is 300 g/mol. The zero-order valence-electron chi connectivity index (χ0n) is 15.6. The van der Waals surface area contributed by atoms with Crippen LogP contribution in [-0.4, -0.2) is 23.3 Å². The highest BCUT2D eigenvalue weighted by Crippen LogP contribution is 2.66. The fourth-order valence-corrected chi connectivity index (χ4v) is 7.52. The van der Waals surface area contributed by atoms with Crippen LogP contribution in [0.4, 0.5) is 0 Å². The molecule has 7 unspecified atom stereocenters. The van der Waals surface area contributed by atoms with Gasteiger partial charge in [-0.15, -0.1) is 0 Å². The average molecular weight is 335 g/mol. The van der Waals surface area contributed by atoms with Gasteiger partial charge in [0.25, 0.3) is 0 Å². The monoisotopic (exact) mass is 334 g/mol. The van der Waals surface area contributed by atoms with Gasteiger partial charge in [0.05, 0.1) is 6.10 Å². The molecule has 4 saturated carbocycles. The van der Waals surface area contributed by atoms with Crippen molar-refractivity contribution >= 4 is 5.97 Å².